The van der Waals surface area contributed by atoms with Crippen molar-refractivity contribution in [2.24, 2.45) is 5.73 Å². The SMILES string of the molecule is CS(=O)(=O)N1CCC(c2ccc(Nc3cc(NCc4cc(F)cc(F)c4)c(C(N)=O)cn3)cc2)CC1. The van der Waals surface area contributed by atoms with E-state index >= 15 is 0 Å². The Morgan fingerprint density at radius 1 is 1.08 bits per heavy atom. The molecule has 3 aromatic rings. The van der Waals surface area contributed by atoms with Gasteiger partial charge in [0.2, 0.25) is 10.0 Å². The van der Waals surface area contributed by atoms with Gasteiger partial charge < -0.3 is 16.4 Å². The quantitative estimate of drug-likeness (QED) is 0.418. The largest absolute Gasteiger partial charge is 0.380 e. The predicted octanol–water partition coefficient (Wildman–Crippen LogP) is 3.95. The van der Waals surface area contributed by atoms with Gasteiger partial charge in [-0.2, -0.15) is 0 Å². The molecule has 4 rings (SSSR count). The number of benzene rings is 2. The summed E-state index contributed by atoms with van der Waals surface area (Å²) in [6.07, 6.45) is 4.10. The minimum Gasteiger partial charge on any atom is -0.380 e. The van der Waals surface area contributed by atoms with Crippen molar-refractivity contribution in [3.63, 3.8) is 0 Å². The van der Waals surface area contributed by atoms with Crippen molar-refractivity contribution in [1.29, 1.82) is 0 Å². The van der Waals surface area contributed by atoms with Gasteiger partial charge in [0, 0.05) is 43.7 Å². The number of anilines is 3. The smallest absolute Gasteiger partial charge is 0.252 e. The topological polar surface area (TPSA) is 117 Å². The fourth-order valence-corrected chi connectivity index (χ4v) is 5.16. The third-order valence-electron chi connectivity index (χ3n) is 6.15. The number of carbonyl (C=O) groups is 1. The average Bonchev–Trinajstić information content (AvgIpc) is 2.82. The Bertz CT molecular complexity index is 1340. The summed E-state index contributed by atoms with van der Waals surface area (Å²) in [5, 5.41) is 6.17. The Labute approximate surface area is 208 Å². The van der Waals surface area contributed by atoms with Crippen LogP contribution in [-0.4, -0.2) is 43.0 Å². The second kappa shape index (κ2) is 10.6. The van der Waals surface area contributed by atoms with Gasteiger partial charge in [0.05, 0.1) is 17.5 Å². The number of amides is 1. The summed E-state index contributed by atoms with van der Waals surface area (Å²) in [6.45, 7) is 1.10. The summed E-state index contributed by atoms with van der Waals surface area (Å²) < 4.78 is 51.9. The van der Waals surface area contributed by atoms with Crippen LogP contribution in [0.1, 0.15) is 40.2 Å². The van der Waals surface area contributed by atoms with Crippen molar-refractivity contribution in [3.05, 3.63) is 83.1 Å². The molecule has 0 spiro atoms. The van der Waals surface area contributed by atoms with Gasteiger partial charge in [0.25, 0.3) is 5.91 Å². The average molecular weight is 516 g/mol. The molecular weight excluding hydrogens is 488 g/mol. The van der Waals surface area contributed by atoms with Crippen LogP contribution in [0.2, 0.25) is 0 Å². The van der Waals surface area contributed by atoms with Gasteiger partial charge in [-0.15, -0.1) is 0 Å². The summed E-state index contributed by atoms with van der Waals surface area (Å²) >= 11 is 0. The molecule has 11 heteroatoms. The summed E-state index contributed by atoms with van der Waals surface area (Å²) in [5.41, 5.74) is 8.25. The molecule has 0 aliphatic carbocycles. The van der Waals surface area contributed by atoms with Gasteiger partial charge in [-0.1, -0.05) is 12.1 Å². The number of piperidine rings is 1. The highest BCUT2D eigenvalue weighted by atomic mass is 32.2. The molecule has 1 saturated heterocycles. The van der Waals surface area contributed by atoms with E-state index in [9.17, 15) is 22.0 Å². The van der Waals surface area contributed by atoms with Crippen molar-refractivity contribution >= 4 is 33.1 Å². The van der Waals surface area contributed by atoms with Crippen LogP contribution in [0.3, 0.4) is 0 Å². The number of hydrogen-bond donors (Lipinski definition) is 3. The van der Waals surface area contributed by atoms with E-state index in [1.54, 1.807) is 6.07 Å². The first kappa shape index (κ1) is 25.5. The van der Waals surface area contributed by atoms with Crippen molar-refractivity contribution in [2.45, 2.75) is 25.3 Å². The first-order valence-corrected chi connectivity index (χ1v) is 13.2. The number of carbonyl (C=O) groups excluding carboxylic acids is 1. The molecule has 8 nitrogen and oxygen atoms in total. The summed E-state index contributed by atoms with van der Waals surface area (Å²) in [7, 11) is -3.16. The maximum Gasteiger partial charge on any atom is 0.252 e. The number of halogens is 2. The lowest BCUT2D eigenvalue weighted by Crippen LogP contribution is -2.37. The molecule has 4 N–H and O–H groups in total. The van der Waals surface area contributed by atoms with Crippen molar-refractivity contribution in [1.82, 2.24) is 9.29 Å². The third-order valence-corrected chi connectivity index (χ3v) is 7.46. The summed E-state index contributed by atoms with van der Waals surface area (Å²) in [5.74, 6) is -1.34. The highest BCUT2D eigenvalue weighted by molar-refractivity contribution is 7.88. The number of nitrogens with one attached hydrogen (secondary N) is 2. The fraction of sp³-hybridized carbons (Fsp3) is 0.280. The molecular formula is C25H27F2N5O3S. The van der Waals surface area contributed by atoms with Crippen LogP contribution in [0.5, 0.6) is 0 Å². The zero-order chi connectivity index (χ0) is 25.9. The first-order chi connectivity index (χ1) is 17.1. The van der Waals surface area contributed by atoms with E-state index in [2.05, 4.69) is 15.6 Å². The molecule has 1 aliphatic rings. The lowest BCUT2D eigenvalue weighted by atomic mass is 9.90. The van der Waals surface area contributed by atoms with Crippen LogP contribution in [0.15, 0.2) is 54.7 Å². The van der Waals surface area contributed by atoms with Gasteiger partial charge in [-0.05, 0) is 54.2 Å². The minimum atomic E-state index is -3.16. The van der Waals surface area contributed by atoms with E-state index in [1.807, 2.05) is 24.3 Å². The molecule has 1 fully saturated rings. The number of rotatable bonds is 8. The van der Waals surface area contributed by atoms with E-state index < -0.39 is 27.6 Å². The minimum absolute atomic E-state index is 0.0747. The molecule has 190 valence electrons. The zero-order valence-corrected chi connectivity index (χ0v) is 20.5. The van der Waals surface area contributed by atoms with Gasteiger partial charge in [0.15, 0.2) is 0 Å². The second-order valence-electron chi connectivity index (χ2n) is 8.79. The van der Waals surface area contributed by atoms with Gasteiger partial charge in [0.1, 0.15) is 17.5 Å². The molecule has 36 heavy (non-hydrogen) atoms. The molecule has 0 unspecified atom stereocenters. The predicted molar refractivity (Wildman–Crippen MR) is 135 cm³/mol. The van der Waals surface area contributed by atoms with Crippen LogP contribution >= 0.6 is 0 Å². The Balaban J connectivity index is 1.44. The van der Waals surface area contributed by atoms with Crippen LogP contribution < -0.4 is 16.4 Å². The van der Waals surface area contributed by atoms with Gasteiger partial charge >= 0.3 is 0 Å². The molecule has 0 atom stereocenters. The van der Waals surface area contributed by atoms with E-state index in [4.69, 9.17) is 5.73 Å². The number of aromatic nitrogens is 1. The van der Waals surface area contributed by atoms with Gasteiger partial charge in [-0.3, -0.25) is 4.79 Å². The van der Waals surface area contributed by atoms with Crippen LogP contribution in [-0.2, 0) is 16.6 Å². The first-order valence-electron chi connectivity index (χ1n) is 11.4. The lowest BCUT2D eigenvalue weighted by molar-refractivity contribution is 0.100. The number of nitrogens with two attached hydrogens (primary N) is 1. The molecule has 1 aromatic heterocycles. The monoisotopic (exact) mass is 515 g/mol. The highest BCUT2D eigenvalue weighted by Crippen LogP contribution is 2.30. The second-order valence-corrected chi connectivity index (χ2v) is 10.8. The van der Waals surface area contributed by atoms with E-state index in [1.165, 1.54) is 28.9 Å². The number of nitrogens with zero attached hydrogens (tertiary/aromatic N) is 2. The molecule has 0 saturated carbocycles. The maximum absolute atomic E-state index is 13.5. The van der Waals surface area contributed by atoms with Crippen LogP contribution in [0.25, 0.3) is 0 Å². The molecule has 2 aromatic carbocycles. The Morgan fingerprint density at radius 2 is 1.72 bits per heavy atom. The Hall–Kier alpha value is -3.57. The molecule has 2 heterocycles. The van der Waals surface area contributed by atoms with Crippen molar-refractivity contribution in [3.8, 4) is 0 Å². The van der Waals surface area contributed by atoms with Crippen molar-refractivity contribution in [2.75, 3.05) is 30.0 Å². The number of hydrogen-bond acceptors (Lipinski definition) is 6. The molecule has 1 aliphatic heterocycles. The number of pyridine rings is 1. The zero-order valence-electron chi connectivity index (χ0n) is 19.7. The maximum atomic E-state index is 13.5. The Kier molecular flexibility index (Phi) is 7.51. The number of primary amides is 1. The van der Waals surface area contributed by atoms with Crippen molar-refractivity contribution < 1.29 is 22.0 Å². The normalized spacial score (nSPS) is 15.0. The lowest BCUT2D eigenvalue weighted by Gasteiger charge is -2.30. The molecule has 1 amide bonds. The van der Waals surface area contributed by atoms with Crippen LogP contribution in [0, 0.1) is 11.6 Å². The summed E-state index contributed by atoms with van der Waals surface area (Å²) in [4.78, 5) is 16.1. The Morgan fingerprint density at radius 3 is 2.31 bits per heavy atom. The van der Waals surface area contributed by atoms with E-state index in [0.717, 1.165) is 30.2 Å². The van der Waals surface area contributed by atoms with E-state index in [-0.39, 0.29) is 18.0 Å². The van der Waals surface area contributed by atoms with E-state index in [0.29, 0.717) is 30.2 Å². The standard InChI is InChI=1S/C25H27F2N5O3S/c1-36(34,35)32-8-6-18(7-9-32)17-2-4-21(5-3-17)31-24-13-23(22(15-30-24)25(28)33)29-14-16-10-19(26)12-20(27)11-16/h2-5,10-13,15,18H,6-9,14H2,1H3,(H2,28,33)(H2,29,30,31). The van der Waals surface area contributed by atoms with Gasteiger partial charge in [-0.25, -0.2) is 26.5 Å². The summed E-state index contributed by atoms with van der Waals surface area (Å²) in [6, 6.07) is 12.6. The molecule has 0 bridgehead atoms. The number of sulfonamides is 1. The third kappa shape index (κ3) is 6.35. The molecule has 0 radical (unpaired) electrons. The highest BCUT2D eigenvalue weighted by Gasteiger charge is 2.25. The fourth-order valence-electron chi connectivity index (χ4n) is 4.28. The van der Waals surface area contributed by atoms with Crippen LogP contribution in [0.4, 0.5) is 26.0 Å².